The summed E-state index contributed by atoms with van der Waals surface area (Å²) in [5, 5.41) is 9.74. The zero-order valence-corrected chi connectivity index (χ0v) is 13.1. The molecule has 1 saturated heterocycles. The number of hydrogen-bond donors (Lipinski definition) is 1. The van der Waals surface area contributed by atoms with E-state index in [1.165, 1.54) is 0 Å². The van der Waals surface area contributed by atoms with Crippen molar-refractivity contribution >= 4 is 5.91 Å². The predicted molar refractivity (Wildman–Crippen MR) is 82.4 cm³/mol. The van der Waals surface area contributed by atoms with Crippen LogP contribution in [0, 0.1) is 0 Å². The van der Waals surface area contributed by atoms with Gasteiger partial charge in [0.05, 0.1) is 11.7 Å². The second-order valence-electron chi connectivity index (χ2n) is 6.41. The first-order valence-electron chi connectivity index (χ1n) is 7.52. The Morgan fingerprint density at radius 1 is 1.38 bits per heavy atom. The standard InChI is InChI=1S/C17H25NO3/c1-17(2,20)10-8-13-4-6-14(7-5-13)16(19)18-11-9-15(12-18)21-3/h4-7,15,20H,8-12H2,1-3H3. The highest BCUT2D eigenvalue weighted by Gasteiger charge is 2.26. The van der Waals surface area contributed by atoms with E-state index in [1.807, 2.05) is 43.0 Å². The fourth-order valence-electron chi connectivity index (χ4n) is 2.55. The van der Waals surface area contributed by atoms with Crippen molar-refractivity contribution < 1.29 is 14.6 Å². The molecule has 0 aliphatic carbocycles. The van der Waals surface area contributed by atoms with E-state index in [9.17, 15) is 9.90 Å². The van der Waals surface area contributed by atoms with Gasteiger partial charge >= 0.3 is 0 Å². The average molecular weight is 291 g/mol. The van der Waals surface area contributed by atoms with Crippen LogP contribution in [-0.2, 0) is 11.2 Å². The van der Waals surface area contributed by atoms with E-state index in [0.29, 0.717) is 13.0 Å². The third-order valence-electron chi connectivity index (χ3n) is 3.99. The molecule has 1 unspecified atom stereocenters. The van der Waals surface area contributed by atoms with Crippen molar-refractivity contribution in [1.82, 2.24) is 4.90 Å². The van der Waals surface area contributed by atoms with Crippen LogP contribution in [0.1, 0.15) is 42.6 Å². The Balaban J connectivity index is 1.94. The summed E-state index contributed by atoms with van der Waals surface area (Å²) in [6.07, 6.45) is 2.60. The molecular formula is C17H25NO3. The fraction of sp³-hybridized carbons (Fsp3) is 0.588. The maximum Gasteiger partial charge on any atom is 0.253 e. The molecule has 1 N–H and O–H groups in total. The number of amides is 1. The number of likely N-dealkylation sites (tertiary alicyclic amines) is 1. The Hall–Kier alpha value is -1.39. The largest absolute Gasteiger partial charge is 0.390 e. The van der Waals surface area contributed by atoms with Crippen LogP contribution < -0.4 is 0 Å². The number of ether oxygens (including phenoxy) is 1. The molecule has 1 aromatic rings. The number of methoxy groups -OCH3 is 1. The molecule has 1 amide bonds. The van der Waals surface area contributed by atoms with Crippen LogP contribution >= 0.6 is 0 Å². The van der Waals surface area contributed by atoms with Crippen molar-refractivity contribution in [3.8, 4) is 0 Å². The van der Waals surface area contributed by atoms with E-state index >= 15 is 0 Å². The quantitative estimate of drug-likeness (QED) is 0.905. The molecule has 0 bridgehead atoms. The normalized spacial score (nSPS) is 19.0. The van der Waals surface area contributed by atoms with Gasteiger partial charge in [-0.2, -0.15) is 0 Å². The molecule has 4 heteroatoms. The average Bonchev–Trinajstić information content (AvgIpc) is 2.93. The summed E-state index contributed by atoms with van der Waals surface area (Å²) in [6, 6.07) is 7.70. The minimum atomic E-state index is -0.654. The van der Waals surface area contributed by atoms with Gasteiger partial charge in [-0.1, -0.05) is 12.1 Å². The lowest BCUT2D eigenvalue weighted by atomic mass is 9.98. The lowest BCUT2D eigenvalue weighted by Gasteiger charge is -2.18. The van der Waals surface area contributed by atoms with Gasteiger partial charge in [0.2, 0.25) is 0 Å². The van der Waals surface area contributed by atoms with Gasteiger partial charge in [0.1, 0.15) is 0 Å². The lowest BCUT2D eigenvalue weighted by molar-refractivity contribution is 0.0709. The van der Waals surface area contributed by atoms with Crippen molar-refractivity contribution in [2.45, 2.75) is 44.8 Å². The number of carbonyl (C=O) groups is 1. The highest BCUT2D eigenvalue weighted by Crippen LogP contribution is 2.17. The Morgan fingerprint density at radius 3 is 2.57 bits per heavy atom. The Kier molecular flexibility index (Phi) is 5.01. The van der Waals surface area contributed by atoms with Crippen molar-refractivity contribution in [1.29, 1.82) is 0 Å². The van der Waals surface area contributed by atoms with Gasteiger partial charge in [-0.3, -0.25) is 4.79 Å². The highest BCUT2D eigenvalue weighted by atomic mass is 16.5. The molecule has 1 atom stereocenters. The summed E-state index contributed by atoms with van der Waals surface area (Å²) in [5.41, 5.74) is 1.21. The summed E-state index contributed by atoms with van der Waals surface area (Å²) in [7, 11) is 1.69. The summed E-state index contributed by atoms with van der Waals surface area (Å²) in [6.45, 7) is 5.06. The molecule has 1 aliphatic rings. The van der Waals surface area contributed by atoms with Gasteiger partial charge in [0, 0.05) is 25.8 Å². The number of aryl methyl sites for hydroxylation is 1. The van der Waals surface area contributed by atoms with Crippen LogP contribution in [0.3, 0.4) is 0 Å². The van der Waals surface area contributed by atoms with Crippen molar-refractivity contribution in [3.63, 3.8) is 0 Å². The zero-order valence-electron chi connectivity index (χ0n) is 13.1. The van der Waals surface area contributed by atoms with Crippen LogP contribution in [-0.4, -0.2) is 47.8 Å². The Labute approximate surface area is 126 Å². The number of carbonyl (C=O) groups excluding carboxylic acids is 1. The molecule has 0 radical (unpaired) electrons. The first-order chi connectivity index (χ1) is 9.89. The van der Waals surface area contributed by atoms with E-state index in [4.69, 9.17) is 4.74 Å². The molecule has 0 spiro atoms. The topological polar surface area (TPSA) is 49.8 Å². The van der Waals surface area contributed by atoms with Crippen LogP contribution in [0.2, 0.25) is 0 Å². The van der Waals surface area contributed by atoms with Crippen LogP contribution in [0.15, 0.2) is 24.3 Å². The SMILES string of the molecule is COC1CCN(C(=O)c2ccc(CCC(C)(C)O)cc2)C1. The fourth-order valence-corrected chi connectivity index (χ4v) is 2.55. The predicted octanol–water partition coefficient (Wildman–Crippen LogP) is 2.25. The molecule has 21 heavy (non-hydrogen) atoms. The molecule has 1 aromatic carbocycles. The monoisotopic (exact) mass is 291 g/mol. The first kappa shape index (κ1) is 16.0. The summed E-state index contributed by atoms with van der Waals surface area (Å²) < 4.78 is 5.29. The van der Waals surface area contributed by atoms with Crippen molar-refractivity contribution in [2.24, 2.45) is 0 Å². The second-order valence-corrected chi connectivity index (χ2v) is 6.41. The van der Waals surface area contributed by atoms with Gasteiger partial charge < -0.3 is 14.7 Å². The smallest absolute Gasteiger partial charge is 0.253 e. The van der Waals surface area contributed by atoms with Crippen molar-refractivity contribution in [3.05, 3.63) is 35.4 Å². The molecule has 0 saturated carbocycles. The first-order valence-corrected chi connectivity index (χ1v) is 7.52. The van der Waals surface area contributed by atoms with E-state index in [1.54, 1.807) is 7.11 Å². The molecule has 4 nitrogen and oxygen atoms in total. The highest BCUT2D eigenvalue weighted by molar-refractivity contribution is 5.94. The lowest BCUT2D eigenvalue weighted by Crippen LogP contribution is -2.29. The van der Waals surface area contributed by atoms with Gasteiger partial charge in [0.25, 0.3) is 5.91 Å². The molecule has 2 rings (SSSR count). The van der Waals surface area contributed by atoms with E-state index in [0.717, 1.165) is 30.5 Å². The van der Waals surface area contributed by atoms with Gasteiger partial charge in [0.15, 0.2) is 0 Å². The van der Waals surface area contributed by atoms with E-state index in [2.05, 4.69) is 0 Å². The van der Waals surface area contributed by atoms with Gasteiger partial charge in [-0.25, -0.2) is 0 Å². The van der Waals surface area contributed by atoms with Gasteiger partial charge in [-0.15, -0.1) is 0 Å². The third-order valence-corrected chi connectivity index (χ3v) is 3.99. The minimum Gasteiger partial charge on any atom is -0.390 e. The maximum atomic E-state index is 12.4. The number of aliphatic hydroxyl groups is 1. The summed E-state index contributed by atoms with van der Waals surface area (Å²) >= 11 is 0. The van der Waals surface area contributed by atoms with Gasteiger partial charge in [-0.05, 0) is 50.8 Å². The molecule has 1 heterocycles. The number of hydrogen-bond acceptors (Lipinski definition) is 3. The summed E-state index contributed by atoms with van der Waals surface area (Å²) in [4.78, 5) is 14.2. The number of benzene rings is 1. The maximum absolute atomic E-state index is 12.4. The van der Waals surface area contributed by atoms with Crippen LogP contribution in [0.25, 0.3) is 0 Å². The summed E-state index contributed by atoms with van der Waals surface area (Å²) in [5.74, 6) is 0.0728. The second kappa shape index (κ2) is 6.58. The van der Waals surface area contributed by atoms with Crippen LogP contribution in [0.5, 0.6) is 0 Å². The van der Waals surface area contributed by atoms with E-state index < -0.39 is 5.60 Å². The third kappa shape index (κ3) is 4.55. The number of rotatable bonds is 5. The Morgan fingerprint density at radius 2 is 2.05 bits per heavy atom. The molecule has 1 fully saturated rings. The molecule has 1 aliphatic heterocycles. The van der Waals surface area contributed by atoms with E-state index in [-0.39, 0.29) is 12.0 Å². The Bertz CT molecular complexity index is 476. The van der Waals surface area contributed by atoms with Crippen molar-refractivity contribution in [2.75, 3.05) is 20.2 Å². The molecular weight excluding hydrogens is 266 g/mol. The molecule has 116 valence electrons. The zero-order chi connectivity index (χ0) is 15.5. The number of nitrogens with zero attached hydrogens (tertiary/aromatic N) is 1. The van der Waals surface area contributed by atoms with Crippen LogP contribution in [0.4, 0.5) is 0 Å². The minimum absolute atomic E-state index is 0.0728. The molecule has 0 aromatic heterocycles.